The van der Waals surface area contributed by atoms with E-state index in [2.05, 4.69) is 21.4 Å². The van der Waals surface area contributed by atoms with Gasteiger partial charge in [-0.25, -0.2) is 9.97 Å². The van der Waals surface area contributed by atoms with Crippen molar-refractivity contribution in [3.63, 3.8) is 0 Å². The molecule has 0 spiro atoms. The van der Waals surface area contributed by atoms with Gasteiger partial charge in [-0.1, -0.05) is 0 Å². The normalized spacial score (nSPS) is 16.2. The third-order valence-electron chi connectivity index (χ3n) is 5.17. The van der Waals surface area contributed by atoms with E-state index in [0.29, 0.717) is 6.42 Å². The molecule has 2 aliphatic rings. The minimum absolute atomic E-state index is 0.142. The van der Waals surface area contributed by atoms with Crippen LogP contribution in [0.4, 0.5) is 17.2 Å². The number of likely N-dealkylation sites (N-methyl/N-ethyl adjacent to an activating group) is 1. The van der Waals surface area contributed by atoms with E-state index in [-0.39, 0.29) is 5.91 Å². The van der Waals surface area contributed by atoms with E-state index in [4.69, 9.17) is 0 Å². The molecule has 5 rings (SSSR count). The van der Waals surface area contributed by atoms with Crippen molar-refractivity contribution in [3.05, 3.63) is 40.5 Å². The molecular formula is C19H18N4OS. The van der Waals surface area contributed by atoms with Crippen LogP contribution >= 0.6 is 11.3 Å². The Hall–Kier alpha value is -2.47. The topological polar surface area (TPSA) is 58.1 Å². The van der Waals surface area contributed by atoms with E-state index >= 15 is 0 Å². The van der Waals surface area contributed by atoms with Gasteiger partial charge in [-0.2, -0.15) is 0 Å². The number of carbonyl (C=O) groups is 1. The molecule has 5 nitrogen and oxygen atoms in total. The number of hydrogen-bond acceptors (Lipinski definition) is 5. The fraction of sp³-hybridized carbons (Fsp3) is 0.316. The summed E-state index contributed by atoms with van der Waals surface area (Å²) in [6.07, 6.45) is 6.87. The Morgan fingerprint density at radius 3 is 3.00 bits per heavy atom. The number of benzene rings is 1. The van der Waals surface area contributed by atoms with Crippen molar-refractivity contribution in [1.82, 2.24) is 9.97 Å². The number of aryl methyl sites for hydroxylation is 2. The van der Waals surface area contributed by atoms with Crippen LogP contribution in [0, 0.1) is 0 Å². The van der Waals surface area contributed by atoms with E-state index in [9.17, 15) is 4.79 Å². The number of nitrogens with one attached hydrogen (secondary N) is 1. The van der Waals surface area contributed by atoms with Gasteiger partial charge in [0.1, 0.15) is 17.0 Å². The molecule has 0 bridgehead atoms. The molecule has 2 aromatic heterocycles. The third kappa shape index (κ3) is 2.32. The summed E-state index contributed by atoms with van der Waals surface area (Å²) in [4.78, 5) is 25.1. The summed E-state index contributed by atoms with van der Waals surface area (Å²) in [7, 11) is 1.83. The largest absolute Gasteiger partial charge is 0.340 e. The lowest BCUT2D eigenvalue weighted by Gasteiger charge is -2.13. The Kier molecular flexibility index (Phi) is 3.28. The van der Waals surface area contributed by atoms with Crippen molar-refractivity contribution in [2.45, 2.75) is 32.1 Å². The molecule has 1 aromatic carbocycles. The number of amides is 1. The second kappa shape index (κ2) is 5.52. The summed E-state index contributed by atoms with van der Waals surface area (Å²) in [5.74, 6) is 1.02. The standard InChI is InChI=1S/C19H18N4OS/c1-23-14-7-6-12(8-11(14)9-16(23)24)22-18-17-13-4-2-3-5-15(13)25-19(17)21-10-20-18/h6-8,10H,2-5,9H2,1H3,(H,20,21,22). The molecule has 0 atom stereocenters. The molecule has 1 aliphatic carbocycles. The zero-order valence-corrected chi connectivity index (χ0v) is 14.8. The van der Waals surface area contributed by atoms with Gasteiger partial charge < -0.3 is 10.2 Å². The molecule has 3 aromatic rings. The fourth-order valence-corrected chi connectivity index (χ4v) is 5.10. The zero-order valence-electron chi connectivity index (χ0n) is 14.0. The van der Waals surface area contributed by atoms with Crippen molar-refractivity contribution in [2.24, 2.45) is 0 Å². The average Bonchev–Trinajstić information content (AvgIpc) is 3.13. The lowest BCUT2D eigenvalue weighted by Crippen LogP contribution is -2.20. The number of hydrogen-bond donors (Lipinski definition) is 1. The van der Waals surface area contributed by atoms with Crippen LogP contribution in [0.3, 0.4) is 0 Å². The first-order valence-electron chi connectivity index (χ1n) is 8.62. The molecule has 6 heteroatoms. The maximum Gasteiger partial charge on any atom is 0.231 e. The Labute approximate surface area is 149 Å². The summed E-state index contributed by atoms with van der Waals surface area (Å²) in [6.45, 7) is 0. The predicted octanol–water partition coefficient (Wildman–Crippen LogP) is 3.83. The number of fused-ring (bicyclic) bond motifs is 4. The Bertz CT molecular complexity index is 1010. The van der Waals surface area contributed by atoms with Gasteiger partial charge in [0.25, 0.3) is 0 Å². The lowest BCUT2D eigenvalue weighted by molar-refractivity contribution is -0.117. The van der Waals surface area contributed by atoms with Gasteiger partial charge in [0, 0.05) is 23.3 Å². The molecular weight excluding hydrogens is 332 g/mol. The smallest absolute Gasteiger partial charge is 0.231 e. The maximum atomic E-state index is 11.9. The van der Waals surface area contributed by atoms with Gasteiger partial charge in [-0.05, 0) is 55.0 Å². The van der Waals surface area contributed by atoms with Crippen molar-refractivity contribution in [1.29, 1.82) is 0 Å². The van der Waals surface area contributed by atoms with Crippen LogP contribution in [0.25, 0.3) is 10.2 Å². The first kappa shape index (κ1) is 14.8. The number of nitrogens with zero attached hydrogens (tertiary/aromatic N) is 3. The Morgan fingerprint density at radius 1 is 1.20 bits per heavy atom. The minimum atomic E-state index is 0.142. The van der Waals surface area contributed by atoms with Gasteiger partial charge in [0.2, 0.25) is 5.91 Å². The highest BCUT2D eigenvalue weighted by Crippen LogP contribution is 2.39. The Balaban J connectivity index is 1.56. The van der Waals surface area contributed by atoms with Crippen molar-refractivity contribution < 1.29 is 4.79 Å². The molecule has 1 aliphatic heterocycles. The first-order chi connectivity index (χ1) is 12.2. The van der Waals surface area contributed by atoms with Gasteiger partial charge in [-0.15, -0.1) is 11.3 Å². The molecule has 3 heterocycles. The van der Waals surface area contributed by atoms with Gasteiger partial charge in [0.05, 0.1) is 11.8 Å². The van der Waals surface area contributed by atoms with Gasteiger partial charge >= 0.3 is 0 Å². The minimum Gasteiger partial charge on any atom is -0.340 e. The molecule has 126 valence electrons. The quantitative estimate of drug-likeness (QED) is 0.763. The number of anilines is 3. The highest BCUT2D eigenvalue weighted by atomic mass is 32.1. The van der Waals surface area contributed by atoms with Crippen LogP contribution in [0.5, 0.6) is 0 Å². The molecule has 25 heavy (non-hydrogen) atoms. The van der Waals surface area contributed by atoms with E-state index in [1.54, 1.807) is 22.6 Å². The summed E-state index contributed by atoms with van der Waals surface area (Å²) in [5, 5.41) is 4.65. The number of thiophene rings is 1. The van der Waals surface area contributed by atoms with E-state index in [1.165, 1.54) is 28.7 Å². The van der Waals surface area contributed by atoms with Crippen LogP contribution in [0.2, 0.25) is 0 Å². The highest BCUT2D eigenvalue weighted by molar-refractivity contribution is 7.19. The number of rotatable bonds is 2. The van der Waals surface area contributed by atoms with Gasteiger partial charge in [0.15, 0.2) is 0 Å². The Morgan fingerprint density at radius 2 is 2.08 bits per heavy atom. The molecule has 0 saturated carbocycles. The molecule has 0 unspecified atom stereocenters. The first-order valence-corrected chi connectivity index (χ1v) is 9.44. The van der Waals surface area contributed by atoms with E-state index in [1.807, 2.05) is 19.2 Å². The molecule has 1 amide bonds. The lowest BCUT2D eigenvalue weighted by atomic mass is 9.97. The number of aromatic nitrogens is 2. The van der Waals surface area contributed by atoms with Crippen LogP contribution < -0.4 is 10.2 Å². The van der Waals surface area contributed by atoms with E-state index < -0.39 is 0 Å². The van der Waals surface area contributed by atoms with Crippen LogP contribution in [-0.4, -0.2) is 22.9 Å². The molecule has 0 radical (unpaired) electrons. The average molecular weight is 350 g/mol. The second-order valence-corrected chi connectivity index (χ2v) is 7.79. The van der Waals surface area contributed by atoms with Crippen LogP contribution in [0.1, 0.15) is 28.8 Å². The number of carbonyl (C=O) groups excluding carboxylic acids is 1. The van der Waals surface area contributed by atoms with Crippen molar-refractivity contribution in [2.75, 3.05) is 17.3 Å². The summed E-state index contributed by atoms with van der Waals surface area (Å²) in [6, 6.07) is 6.08. The van der Waals surface area contributed by atoms with Crippen LogP contribution in [0.15, 0.2) is 24.5 Å². The molecule has 0 saturated heterocycles. The highest BCUT2D eigenvalue weighted by Gasteiger charge is 2.24. The third-order valence-corrected chi connectivity index (χ3v) is 6.37. The monoisotopic (exact) mass is 350 g/mol. The van der Waals surface area contributed by atoms with Gasteiger partial charge in [-0.3, -0.25) is 4.79 Å². The fourth-order valence-electron chi connectivity index (χ4n) is 3.87. The SMILES string of the molecule is CN1C(=O)Cc2cc(Nc3ncnc4sc5c(c34)CCCC5)ccc21. The summed E-state index contributed by atoms with van der Waals surface area (Å²) >= 11 is 1.80. The van der Waals surface area contributed by atoms with Crippen molar-refractivity contribution in [3.8, 4) is 0 Å². The van der Waals surface area contributed by atoms with Crippen molar-refractivity contribution >= 4 is 44.7 Å². The van der Waals surface area contributed by atoms with E-state index in [0.717, 1.165) is 40.4 Å². The molecule has 0 fully saturated rings. The maximum absolute atomic E-state index is 11.9. The predicted molar refractivity (Wildman–Crippen MR) is 101 cm³/mol. The van der Waals surface area contributed by atoms with Crippen LogP contribution in [-0.2, 0) is 24.1 Å². The summed E-state index contributed by atoms with van der Waals surface area (Å²) < 4.78 is 0. The zero-order chi connectivity index (χ0) is 17.0. The second-order valence-electron chi connectivity index (χ2n) is 6.71. The molecule has 1 N–H and O–H groups in total. The summed E-state index contributed by atoms with van der Waals surface area (Å²) in [5.41, 5.74) is 4.45.